The molecule has 0 saturated carbocycles. The first kappa shape index (κ1) is 16.7. The van der Waals surface area contributed by atoms with Crippen LogP contribution in [-0.4, -0.2) is 31.3 Å². The molecule has 0 spiro atoms. The second-order valence-electron chi connectivity index (χ2n) is 6.33. The van der Waals surface area contributed by atoms with Crippen LogP contribution in [0, 0.1) is 0 Å². The molecular formula is C16H21BFNO3. The van der Waals surface area contributed by atoms with Gasteiger partial charge in [-0.25, -0.2) is 4.39 Å². The third kappa shape index (κ3) is 3.23. The fraction of sp³-hybridized carbons (Fsp3) is 0.438. The van der Waals surface area contributed by atoms with E-state index in [1.807, 2.05) is 33.8 Å². The van der Waals surface area contributed by atoms with Crippen molar-refractivity contribution in [3.8, 4) is 0 Å². The lowest BCUT2D eigenvalue weighted by Crippen LogP contribution is -2.41. The van der Waals surface area contributed by atoms with Gasteiger partial charge >= 0.3 is 7.12 Å². The van der Waals surface area contributed by atoms with Gasteiger partial charge in [-0.3, -0.25) is 4.79 Å². The van der Waals surface area contributed by atoms with Crippen LogP contribution in [0.2, 0.25) is 0 Å². The van der Waals surface area contributed by atoms with E-state index in [9.17, 15) is 9.18 Å². The predicted octanol–water partition coefficient (Wildman–Crippen LogP) is 2.04. The monoisotopic (exact) mass is 305 g/mol. The molecular weight excluding hydrogens is 284 g/mol. The van der Waals surface area contributed by atoms with Crippen LogP contribution in [0.4, 0.5) is 4.39 Å². The molecule has 0 aromatic heterocycles. The number of rotatable bonds is 3. The molecule has 0 atom stereocenters. The zero-order chi connectivity index (χ0) is 16.5. The number of carbonyl (C=O) groups is 1. The van der Waals surface area contributed by atoms with Gasteiger partial charge < -0.3 is 14.6 Å². The molecule has 0 aliphatic carbocycles. The van der Waals surface area contributed by atoms with E-state index in [0.717, 1.165) is 5.46 Å². The average molecular weight is 305 g/mol. The molecule has 1 aromatic carbocycles. The molecule has 0 bridgehead atoms. The molecule has 1 heterocycles. The molecule has 4 nitrogen and oxygen atoms in total. The lowest BCUT2D eigenvalue weighted by atomic mass is 9.78. The smallest absolute Gasteiger partial charge is 0.399 e. The van der Waals surface area contributed by atoms with E-state index in [-0.39, 0.29) is 0 Å². The van der Waals surface area contributed by atoms with Gasteiger partial charge in [-0.1, -0.05) is 24.3 Å². The van der Waals surface area contributed by atoms with Gasteiger partial charge in [0.05, 0.1) is 11.2 Å². The zero-order valence-electron chi connectivity index (χ0n) is 13.6. The second-order valence-corrected chi connectivity index (χ2v) is 6.33. The summed E-state index contributed by atoms with van der Waals surface area (Å²) >= 11 is 0. The van der Waals surface area contributed by atoms with E-state index in [2.05, 4.69) is 5.32 Å². The number of nitrogens with one attached hydrogen (secondary N) is 1. The maximum absolute atomic E-state index is 13.6. The third-order valence-corrected chi connectivity index (χ3v) is 4.17. The van der Waals surface area contributed by atoms with Crippen molar-refractivity contribution in [2.45, 2.75) is 38.9 Å². The highest BCUT2D eigenvalue weighted by Crippen LogP contribution is 2.36. The fourth-order valence-electron chi connectivity index (χ4n) is 2.11. The van der Waals surface area contributed by atoms with Crippen LogP contribution >= 0.6 is 0 Å². The van der Waals surface area contributed by atoms with Gasteiger partial charge in [-0.15, -0.1) is 0 Å². The predicted molar refractivity (Wildman–Crippen MR) is 85.3 cm³/mol. The molecule has 1 amide bonds. The van der Waals surface area contributed by atoms with Crippen molar-refractivity contribution in [3.63, 3.8) is 0 Å². The van der Waals surface area contributed by atoms with E-state index < -0.39 is 30.1 Å². The van der Waals surface area contributed by atoms with E-state index in [1.54, 1.807) is 18.2 Å². The van der Waals surface area contributed by atoms with Gasteiger partial charge in [0.1, 0.15) is 0 Å². The fourth-order valence-corrected chi connectivity index (χ4v) is 2.11. The van der Waals surface area contributed by atoms with Gasteiger partial charge in [-0.05, 0) is 44.8 Å². The van der Waals surface area contributed by atoms with Crippen molar-refractivity contribution in [3.05, 3.63) is 35.7 Å². The summed E-state index contributed by atoms with van der Waals surface area (Å²) in [5.41, 5.74) is 0.499. The van der Waals surface area contributed by atoms with Crippen LogP contribution in [0.25, 0.3) is 6.08 Å². The third-order valence-electron chi connectivity index (χ3n) is 4.17. The Labute approximate surface area is 130 Å². The molecule has 0 radical (unpaired) electrons. The molecule has 1 fully saturated rings. The summed E-state index contributed by atoms with van der Waals surface area (Å²) < 4.78 is 25.5. The van der Waals surface area contributed by atoms with Gasteiger partial charge in [0.25, 0.3) is 5.91 Å². The summed E-state index contributed by atoms with van der Waals surface area (Å²) in [7, 11) is 0.873. The largest absolute Gasteiger partial charge is 0.494 e. The Balaban J connectivity index is 2.25. The molecule has 1 aliphatic heterocycles. The van der Waals surface area contributed by atoms with Crippen molar-refractivity contribution >= 4 is 24.6 Å². The van der Waals surface area contributed by atoms with Crippen LogP contribution in [0.3, 0.4) is 0 Å². The quantitative estimate of drug-likeness (QED) is 0.687. The molecule has 1 saturated heterocycles. The minimum Gasteiger partial charge on any atom is -0.399 e. The molecule has 1 N–H and O–H groups in total. The number of hydrogen-bond donors (Lipinski definition) is 1. The normalized spacial score (nSPS) is 20.1. The molecule has 6 heteroatoms. The number of likely N-dealkylation sites (N-methyl/N-ethyl adjacent to an activating group) is 1. The van der Waals surface area contributed by atoms with Crippen molar-refractivity contribution in [2.24, 2.45) is 0 Å². The maximum Gasteiger partial charge on any atom is 0.494 e. The molecule has 22 heavy (non-hydrogen) atoms. The van der Waals surface area contributed by atoms with E-state index in [1.165, 1.54) is 13.1 Å². The Bertz CT molecular complexity index is 597. The summed E-state index contributed by atoms with van der Waals surface area (Å²) in [6.07, 6.45) is 1.19. The molecule has 2 rings (SSSR count). The SMILES string of the molecule is CNC(=O)C(F)=Cc1cccc(B2OC(C)(C)C(C)(C)O2)c1. The number of carbonyl (C=O) groups excluding carboxylic acids is 1. The summed E-state index contributed by atoms with van der Waals surface area (Å²) in [6.45, 7) is 7.90. The van der Waals surface area contributed by atoms with Crippen molar-refractivity contribution in [1.82, 2.24) is 5.32 Å². The number of benzene rings is 1. The number of hydrogen-bond acceptors (Lipinski definition) is 3. The molecule has 1 aromatic rings. The minimum absolute atomic E-state index is 0.434. The molecule has 1 aliphatic rings. The van der Waals surface area contributed by atoms with Crippen LogP contribution in [-0.2, 0) is 14.1 Å². The minimum atomic E-state index is -0.839. The zero-order valence-corrected chi connectivity index (χ0v) is 13.6. The summed E-state index contributed by atoms with van der Waals surface area (Å²) in [5, 5.41) is 2.24. The van der Waals surface area contributed by atoms with E-state index in [4.69, 9.17) is 9.31 Å². The number of amides is 1. The van der Waals surface area contributed by atoms with Crippen LogP contribution in [0.5, 0.6) is 0 Å². The Morgan fingerprint density at radius 3 is 2.36 bits per heavy atom. The molecule has 0 unspecified atom stereocenters. The first-order chi connectivity index (χ1) is 10.2. The first-order valence-corrected chi connectivity index (χ1v) is 7.21. The topological polar surface area (TPSA) is 47.6 Å². The lowest BCUT2D eigenvalue weighted by Gasteiger charge is -2.32. The highest BCUT2D eigenvalue weighted by molar-refractivity contribution is 6.62. The van der Waals surface area contributed by atoms with Gasteiger partial charge in [0, 0.05) is 7.05 Å². The van der Waals surface area contributed by atoms with Crippen molar-refractivity contribution in [2.75, 3.05) is 7.05 Å². The van der Waals surface area contributed by atoms with Gasteiger partial charge in [0.15, 0.2) is 5.83 Å². The number of halogens is 1. The van der Waals surface area contributed by atoms with E-state index in [0.29, 0.717) is 5.56 Å². The van der Waals surface area contributed by atoms with E-state index >= 15 is 0 Å². The average Bonchev–Trinajstić information content (AvgIpc) is 2.67. The lowest BCUT2D eigenvalue weighted by molar-refractivity contribution is -0.118. The second kappa shape index (κ2) is 5.86. The Hall–Kier alpha value is -1.66. The van der Waals surface area contributed by atoms with Crippen molar-refractivity contribution < 1.29 is 18.5 Å². The summed E-state index contributed by atoms with van der Waals surface area (Å²) in [5.74, 6) is -1.59. The Kier molecular flexibility index (Phi) is 4.45. The Morgan fingerprint density at radius 2 is 1.82 bits per heavy atom. The summed E-state index contributed by atoms with van der Waals surface area (Å²) in [4.78, 5) is 11.2. The highest BCUT2D eigenvalue weighted by Gasteiger charge is 2.51. The Morgan fingerprint density at radius 1 is 1.23 bits per heavy atom. The molecule has 118 valence electrons. The maximum atomic E-state index is 13.6. The van der Waals surface area contributed by atoms with Crippen LogP contribution in [0.1, 0.15) is 33.3 Å². The highest BCUT2D eigenvalue weighted by atomic mass is 19.1. The standard InChI is InChI=1S/C16H21BFNO3/c1-15(2)16(3,4)22-17(21-15)12-8-6-7-11(9-12)10-13(18)14(20)19-5/h6-10H,1-5H3,(H,19,20). The first-order valence-electron chi connectivity index (χ1n) is 7.21. The summed E-state index contributed by atoms with van der Waals surface area (Å²) in [6, 6.07) is 7.11. The van der Waals surface area contributed by atoms with Gasteiger partial charge in [0.2, 0.25) is 0 Å². The van der Waals surface area contributed by atoms with Crippen molar-refractivity contribution in [1.29, 1.82) is 0 Å². The van der Waals surface area contributed by atoms with Crippen LogP contribution < -0.4 is 10.8 Å². The van der Waals surface area contributed by atoms with Gasteiger partial charge in [-0.2, -0.15) is 0 Å². The van der Waals surface area contributed by atoms with Crippen LogP contribution in [0.15, 0.2) is 30.1 Å².